The minimum atomic E-state index is 0.273. The van der Waals surface area contributed by atoms with E-state index in [1.54, 1.807) is 0 Å². The van der Waals surface area contributed by atoms with E-state index in [2.05, 4.69) is 17.2 Å². The Labute approximate surface area is 123 Å². The Morgan fingerprint density at radius 3 is 2.90 bits per heavy atom. The topological polar surface area (TPSA) is 52.6 Å². The van der Waals surface area contributed by atoms with Crippen molar-refractivity contribution in [2.24, 2.45) is 0 Å². The van der Waals surface area contributed by atoms with E-state index in [1.807, 2.05) is 36.5 Å². The van der Waals surface area contributed by atoms with E-state index >= 15 is 0 Å². The number of benzene rings is 1. The third-order valence-electron chi connectivity index (χ3n) is 3.13. The number of rotatable bonds is 6. The molecule has 1 aliphatic heterocycles. The fourth-order valence-electron chi connectivity index (χ4n) is 2.00. The van der Waals surface area contributed by atoms with Crippen molar-refractivity contribution in [1.29, 1.82) is 0 Å². The van der Waals surface area contributed by atoms with Crippen LogP contribution in [0, 0.1) is 0 Å². The quantitative estimate of drug-likeness (QED) is 0.883. The molecule has 21 heavy (non-hydrogen) atoms. The van der Waals surface area contributed by atoms with Crippen LogP contribution in [0.3, 0.4) is 0 Å². The minimum absolute atomic E-state index is 0.273. The van der Waals surface area contributed by atoms with Crippen molar-refractivity contribution in [3.05, 3.63) is 42.1 Å². The molecule has 1 aliphatic rings. The van der Waals surface area contributed by atoms with Gasteiger partial charge in [0.15, 0.2) is 11.5 Å². The summed E-state index contributed by atoms with van der Waals surface area (Å²) < 4.78 is 16.3. The molecule has 0 atom stereocenters. The van der Waals surface area contributed by atoms with Crippen LogP contribution in [0.5, 0.6) is 17.2 Å². The second kappa shape index (κ2) is 6.35. The van der Waals surface area contributed by atoms with Crippen LogP contribution < -0.4 is 19.5 Å². The monoisotopic (exact) mass is 286 g/mol. The van der Waals surface area contributed by atoms with E-state index in [0.717, 1.165) is 41.6 Å². The summed E-state index contributed by atoms with van der Waals surface area (Å²) in [7, 11) is 0. The summed E-state index contributed by atoms with van der Waals surface area (Å²) in [5.74, 6) is 3.14. The van der Waals surface area contributed by atoms with Crippen LogP contribution in [0.1, 0.15) is 18.9 Å². The smallest absolute Gasteiger partial charge is 0.231 e. The summed E-state index contributed by atoms with van der Waals surface area (Å²) in [4.78, 5) is 4.35. The fourth-order valence-corrected chi connectivity index (χ4v) is 2.00. The van der Waals surface area contributed by atoms with Crippen molar-refractivity contribution in [1.82, 2.24) is 4.98 Å². The average Bonchev–Trinajstić information content (AvgIpc) is 2.99. The van der Waals surface area contributed by atoms with Gasteiger partial charge in [0.1, 0.15) is 18.2 Å². The van der Waals surface area contributed by atoms with E-state index in [9.17, 15) is 0 Å². The molecule has 3 rings (SSSR count). The number of anilines is 1. The number of hydrogen-bond acceptors (Lipinski definition) is 5. The van der Waals surface area contributed by atoms with E-state index in [-0.39, 0.29) is 6.79 Å². The second-order valence-corrected chi connectivity index (χ2v) is 4.78. The molecule has 1 N–H and O–H groups in total. The van der Waals surface area contributed by atoms with Crippen LogP contribution in [0.25, 0.3) is 0 Å². The third-order valence-corrected chi connectivity index (χ3v) is 3.13. The Morgan fingerprint density at radius 1 is 1.19 bits per heavy atom. The molecule has 2 aromatic rings. The maximum atomic E-state index is 5.74. The standard InChI is InChI=1S/C16H18N2O3/c1-2-7-17-16-6-3-12(9-18-16)10-19-13-4-5-14-15(8-13)21-11-20-14/h3-6,8-9H,2,7,10-11H2,1H3,(H,17,18). The first-order chi connectivity index (χ1) is 10.3. The normalized spacial score (nSPS) is 12.2. The molecule has 0 saturated heterocycles. The second-order valence-electron chi connectivity index (χ2n) is 4.78. The number of hydrogen-bond donors (Lipinski definition) is 1. The number of aromatic nitrogens is 1. The van der Waals surface area contributed by atoms with Gasteiger partial charge in [0.05, 0.1) is 0 Å². The van der Waals surface area contributed by atoms with Crippen LogP contribution in [-0.4, -0.2) is 18.3 Å². The molecule has 0 unspecified atom stereocenters. The zero-order valence-electron chi connectivity index (χ0n) is 12.0. The Hall–Kier alpha value is -2.43. The molecular weight excluding hydrogens is 268 g/mol. The summed E-state index contributed by atoms with van der Waals surface area (Å²) in [5.41, 5.74) is 1.02. The zero-order chi connectivity index (χ0) is 14.5. The first kappa shape index (κ1) is 13.5. The van der Waals surface area contributed by atoms with Gasteiger partial charge in [-0.2, -0.15) is 0 Å². The molecule has 5 heteroatoms. The van der Waals surface area contributed by atoms with Crippen molar-refractivity contribution >= 4 is 5.82 Å². The Bertz CT molecular complexity index is 599. The number of ether oxygens (including phenoxy) is 3. The van der Waals surface area contributed by atoms with Crippen molar-refractivity contribution in [3.63, 3.8) is 0 Å². The highest BCUT2D eigenvalue weighted by Gasteiger charge is 2.13. The van der Waals surface area contributed by atoms with Gasteiger partial charge >= 0.3 is 0 Å². The van der Waals surface area contributed by atoms with Crippen LogP contribution in [0.15, 0.2) is 36.5 Å². The highest BCUT2D eigenvalue weighted by atomic mass is 16.7. The molecule has 0 spiro atoms. The van der Waals surface area contributed by atoms with Crippen LogP contribution >= 0.6 is 0 Å². The molecule has 110 valence electrons. The molecule has 0 radical (unpaired) electrons. The van der Waals surface area contributed by atoms with Gasteiger partial charge in [-0.15, -0.1) is 0 Å². The van der Waals surface area contributed by atoms with Gasteiger partial charge in [-0.25, -0.2) is 4.98 Å². The van der Waals surface area contributed by atoms with Crippen molar-refractivity contribution < 1.29 is 14.2 Å². The number of nitrogens with zero attached hydrogens (tertiary/aromatic N) is 1. The Morgan fingerprint density at radius 2 is 2.10 bits per heavy atom. The van der Waals surface area contributed by atoms with Gasteiger partial charge in [-0.05, 0) is 24.6 Å². The van der Waals surface area contributed by atoms with Crippen LogP contribution in [0.2, 0.25) is 0 Å². The predicted octanol–water partition coefficient (Wildman–Crippen LogP) is 3.21. The third kappa shape index (κ3) is 3.37. The van der Waals surface area contributed by atoms with Crippen LogP contribution in [-0.2, 0) is 6.61 Å². The molecule has 1 aromatic heterocycles. The van der Waals surface area contributed by atoms with E-state index in [1.165, 1.54) is 0 Å². The number of pyridine rings is 1. The number of nitrogens with one attached hydrogen (secondary N) is 1. The molecule has 0 saturated carbocycles. The van der Waals surface area contributed by atoms with Gasteiger partial charge in [0.2, 0.25) is 6.79 Å². The van der Waals surface area contributed by atoms with Gasteiger partial charge in [0.25, 0.3) is 0 Å². The van der Waals surface area contributed by atoms with Crippen LogP contribution in [0.4, 0.5) is 5.82 Å². The highest BCUT2D eigenvalue weighted by Crippen LogP contribution is 2.35. The van der Waals surface area contributed by atoms with Crippen molar-refractivity contribution in [2.75, 3.05) is 18.7 Å². The summed E-state index contributed by atoms with van der Waals surface area (Å²) >= 11 is 0. The summed E-state index contributed by atoms with van der Waals surface area (Å²) in [6.07, 6.45) is 2.90. The fraction of sp³-hybridized carbons (Fsp3) is 0.312. The first-order valence-corrected chi connectivity index (χ1v) is 7.06. The Kier molecular flexibility index (Phi) is 4.09. The van der Waals surface area contributed by atoms with E-state index in [4.69, 9.17) is 14.2 Å². The van der Waals surface area contributed by atoms with E-state index in [0.29, 0.717) is 6.61 Å². The first-order valence-electron chi connectivity index (χ1n) is 7.06. The molecule has 1 aromatic carbocycles. The molecule has 2 heterocycles. The molecule has 0 amide bonds. The SMILES string of the molecule is CCCNc1ccc(COc2ccc3c(c2)OCO3)cn1. The molecular formula is C16H18N2O3. The molecule has 0 fully saturated rings. The van der Waals surface area contributed by atoms with Gasteiger partial charge in [0, 0.05) is 24.4 Å². The molecule has 0 aliphatic carbocycles. The number of fused-ring (bicyclic) bond motifs is 1. The predicted molar refractivity (Wildman–Crippen MR) is 79.9 cm³/mol. The lowest BCUT2D eigenvalue weighted by molar-refractivity contribution is 0.173. The highest BCUT2D eigenvalue weighted by molar-refractivity contribution is 5.47. The lowest BCUT2D eigenvalue weighted by atomic mass is 10.3. The average molecular weight is 286 g/mol. The van der Waals surface area contributed by atoms with Gasteiger partial charge < -0.3 is 19.5 Å². The molecule has 0 bridgehead atoms. The van der Waals surface area contributed by atoms with Crippen molar-refractivity contribution in [2.45, 2.75) is 20.0 Å². The Balaban J connectivity index is 1.57. The van der Waals surface area contributed by atoms with Gasteiger partial charge in [-0.1, -0.05) is 13.0 Å². The summed E-state index contributed by atoms with van der Waals surface area (Å²) in [6, 6.07) is 9.55. The van der Waals surface area contributed by atoms with Crippen molar-refractivity contribution in [3.8, 4) is 17.2 Å². The zero-order valence-corrected chi connectivity index (χ0v) is 12.0. The maximum absolute atomic E-state index is 5.74. The minimum Gasteiger partial charge on any atom is -0.489 e. The van der Waals surface area contributed by atoms with E-state index < -0.39 is 0 Å². The summed E-state index contributed by atoms with van der Waals surface area (Å²) in [5, 5.41) is 3.24. The lowest BCUT2D eigenvalue weighted by Crippen LogP contribution is -2.02. The largest absolute Gasteiger partial charge is 0.489 e. The van der Waals surface area contributed by atoms with Gasteiger partial charge in [-0.3, -0.25) is 0 Å². The molecule has 5 nitrogen and oxygen atoms in total. The summed E-state index contributed by atoms with van der Waals surface area (Å²) in [6.45, 7) is 3.80. The maximum Gasteiger partial charge on any atom is 0.231 e. The lowest BCUT2D eigenvalue weighted by Gasteiger charge is -2.08.